The quantitative estimate of drug-likeness (QED) is 0.478. The second-order valence-corrected chi connectivity index (χ2v) is 6.41. The maximum absolute atomic E-state index is 13.8. The number of carbonyl (C=O) groups is 1. The predicted octanol–water partition coefficient (Wildman–Crippen LogP) is 4.31. The Labute approximate surface area is 158 Å². The second kappa shape index (κ2) is 8.50. The lowest BCUT2D eigenvalue weighted by atomic mass is 10.2. The van der Waals surface area contributed by atoms with E-state index in [0.717, 1.165) is 11.8 Å². The normalized spacial score (nSPS) is 11.4. The molecule has 0 aliphatic carbocycles. The topological polar surface area (TPSA) is 85.5 Å². The number of carboxylic acid groups (broad SMARTS) is 1. The molecule has 3 aromatic rings. The molecular weight excluding hydrogens is 371 g/mol. The summed E-state index contributed by atoms with van der Waals surface area (Å²) in [5, 5.41) is 17.1. The van der Waals surface area contributed by atoms with E-state index < -0.39 is 5.97 Å². The lowest BCUT2D eigenvalue weighted by Gasteiger charge is -2.10. The zero-order valence-electron chi connectivity index (χ0n) is 14.3. The van der Waals surface area contributed by atoms with Crippen LogP contribution in [-0.2, 0) is 11.4 Å². The Morgan fingerprint density at radius 3 is 2.67 bits per heavy atom. The smallest absolute Gasteiger partial charge is 0.342 e. The third kappa shape index (κ3) is 4.95. The van der Waals surface area contributed by atoms with Crippen LogP contribution in [0, 0.1) is 12.7 Å². The summed E-state index contributed by atoms with van der Waals surface area (Å²) in [7, 11) is 0. The first-order valence-electron chi connectivity index (χ1n) is 7.91. The van der Waals surface area contributed by atoms with Gasteiger partial charge in [0.15, 0.2) is 0 Å². The highest BCUT2D eigenvalue weighted by molar-refractivity contribution is 8.03. The van der Waals surface area contributed by atoms with Crippen LogP contribution in [0.1, 0.15) is 17.0 Å². The Kier molecular flexibility index (Phi) is 5.87. The van der Waals surface area contributed by atoms with E-state index in [1.807, 2.05) is 0 Å². The molecule has 0 saturated carbocycles. The van der Waals surface area contributed by atoms with Gasteiger partial charge in [-0.3, -0.25) is 0 Å². The van der Waals surface area contributed by atoms with Gasteiger partial charge in [-0.15, -0.1) is 10.2 Å². The van der Waals surface area contributed by atoms with Gasteiger partial charge < -0.3 is 14.3 Å². The molecule has 0 saturated heterocycles. The number of aryl methyl sites for hydroxylation is 1. The molecule has 6 nitrogen and oxygen atoms in total. The molecule has 1 aromatic heterocycles. The molecule has 138 valence electrons. The highest BCUT2D eigenvalue weighted by atomic mass is 32.2. The number of halogens is 1. The minimum absolute atomic E-state index is 0.0133. The molecule has 0 spiro atoms. The molecule has 0 unspecified atom stereocenters. The molecule has 2 aromatic carbocycles. The van der Waals surface area contributed by atoms with E-state index in [0.29, 0.717) is 22.8 Å². The highest BCUT2D eigenvalue weighted by Crippen LogP contribution is 2.30. The van der Waals surface area contributed by atoms with Gasteiger partial charge >= 0.3 is 5.97 Å². The van der Waals surface area contributed by atoms with Crippen molar-refractivity contribution in [1.82, 2.24) is 10.2 Å². The van der Waals surface area contributed by atoms with Crippen molar-refractivity contribution in [2.45, 2.75) is 18.8 Å². The first-order chi connectivity index (χ1) is 13.0. The van der Waals surface area contributed by atoms with Crippen molar-refractivity contribution in [1.29, 1.82) is 0 Å². The Morgan fingerprint density at radius 2 is 1.96 bits per heavy atom. The van der Waals surface area contributed by atoms with Crippen LogP contribution in [-0.4, -0.2) is 21.3 Å². The number of aromatic nitrogens is 2. The third-order valence-electron chi connectivity index (χ3n) is 3.46. The average Bonchev–Trinajstić information content (AvgIpc) is 3.06. The third-order valence-corrected chi connectivity index (χ3v) is 4.31. The van der Waals surface area contributed by atoms with Crippen molar-refractivity contribution in [3.63, 3.8) is 0 Å². The fraction of sp³-hybridized carbons (Fsp3) is 0.105. The van der Waals surface area contributed by atoms with Gasteiger partial charge in [0.1, 0.15) is 23.1 Å². The maximum Gasteiger partial charge on any atom is 0.342 e. The summed E-state index contributed by atoms with van der Waals surface area (Å²) in [6, 6.07) is 13.2. The minimum atomic E-state index is -1.14. The van der Waals surface area contributed by atoms with Crippen LogP contribution >= 0.6 is 11.8 Å². The summed E-state index contributed by atoms with van der Waals surface area (Å²) in [5.41, 5.74) is 0.945. The molecule has 0 amide bonds. The van der Waals surface area contributed by atoms with Gasteiger partial charge in [-0.2, -0.15) is 0 Å². The summed E-state index contributed by atoms with van der Waals surface area (Å²) < 4.78 is 24.7. The summed E-state index contributed by atoms with van der Waals surface area (Å²) in [6.45, 7) is 1.64. The van der Waals surface area contributed by atoms with Crippen LogP contribution in [0.25, 0.3) is 6.08 Å². The fourth-order valence-corrected chi connectivity index (χ4v) is 2.90. The van der Waals surface area contributed by atoms with Crippen LogP contribution < -0.4 is 4.74 Å². The lowest BCUT2D eigenvalue weighted by Crippen LogP contribution is -2.01. The van der Waals surface area contributed by atoms with Crippen LogP contribution in [0.4, 0.5) is 4.39 Å². The Morgan fingerprint density at radius 1 is 1.22 bits per heavy atom. The SMILES string of the molecule is Cc1nnc(S/C(=C\c2ccccc2OCc2ccccc2F)C(=O)O)o1. The van der Waals surface area contributed by atoms with Gasteiger partial charge in [-0.1, -0.05) is 36.4 Å². The van der Waals surface area contributed by atoms with E-state index in [1.165, 1.54) is 12.1 Å². The van der Waals surface area contributed by atoms with Crippen LogP contribution in [0.5, 0.6) is 5.75 Å². The van der Waals surface area contributed by atoms with Gasteiger partial charge in [0.05, 0.1) is 0 Å². The maximum atomic E-state index is 13.8. The molecule has 0 fully saturated rings. The zero-order valence-corrected chi connectivity index (χ0v) is 15.1. The number of aliphatic carboxylic acids is 1. The van der Waals surface area contributed by atoms with Crippen LogP contribution in [0.15, 0.2) is 63.1 Å². The molecule has 8 heteroatoms. The van der Waals surface area contributed by atoms with Gasteiger partial charge in [-0.05, 0) is 30.0 Å². The van der Waals surface area contributed by atoms with Crippen LogP contribution in [0.2, 0.25) is 0 Å². The molecule has 3 rings (SSSR count). The molecular formula is C19H15FN2O4S. The van der Waals surface area contributed by atoms with E-state index in [2.05, 4.69) is 10.2 Å². The molecule has 0 atom stereocenters. The zero-order chi connectivity index (χ0) is 19.2. The van der Waals surface area contributed by atoms with Crippen molar-refractivity contribution < 1.29 is 23.4 Å². The summed E-state index contributed by atoms with van der Waals surface area (Å²) >= 11 is 0.844. The van der Waals surface area contributed by atoms with E-state index in [9.17, 15) is 14.3 Å². The monoisotopic (exact) mass is 386 g/mol. The van der Waals surface area contributed by atoms with Crippen LogP contribution in [0.3, 0.4) is 0 Å². The molecule has 0 aliphatic rings. The average molecular weight is 386 g/mol. The lowest BCUT2D eigenvalue weighted by molar-refractivity contribution is -0.131. The first kappa shape index (κ1) is 18.7. The molecule has 0 bridgehead atoms. The molecule has 0 radical (unpaired) electrons. The standard InChI is InChI=1S/C19H15FN2O4S/c1-12-21-22-19(26-12)27-17(18(23)24)10-13-6-3-5-9-16(13)25-11-14-7-2-4-8-15(14)20/h2-10H,11H2,1H3,(H,23,24)/b17-10-. The number of nitrogens with zero attached hydrogens (tertiary/aromatic N) is 2. The Balaban J connectivity index is 1.83. The van der Waals surface area contributed by atoms with E-state index >= 15 is 0 Å². The van der Waals surface area contributed by atoms with Crippen molar-refractivity contribution in [3.05, 3.63) is 76.3 Å². The number of ether oxygens (including phenoxy) is 1. The number of hydrogen-bond acceptors (Lipinski definition) is 6. The molecule has 1 N–H and O–H groups in total. The minimum Gasteiger partial charge on any atom is -0.488 e. The Bertz CT molecular complexity index is 987. The number of benzene rings is 2. The van der Waals surface area contributed by atoms with Gasteiger partial charge in [0.25, 0.3) is 5.22 Å². The van der Waals surface area contributed by atoms with Gasteiger partial charge in [-0.25, -0.2) is 9.18 Å². The highest BCUT2D eigenvalue weighted by Gasteiger charge is 2.15. The largest absolute Gasteiger partial charge is 0.488 e. The number of para-hydroxylation sites is 1. The van der Waals surface area contributed by atoms with E-state index in [-0.39, 0.29) is 22.6 Å². The van der Waals surface area contributed by atoms with E-state index in [1.54, 1.807) is 49.4 Å². The number of carboxylic acids is 1. The van der Waals surface area contributed by atoms with Crippen molar-refractivity contribution in [2.75, 3.05) is 0 Å². The van der Waals surface area contributed by atoms with Gasteiger partial charge in [0, 0.05) is 18.1 Å². The molecule has 27 heavy (non-hydrogen) atoms. The molecule has 1 heterocycles. The predicted molar refractivity (Wildman–Crippen MR) is 97.7 cm³/mol. The summed E-state index contributed by atoms with van der Waals surface area (Å²) in [4.78, 5) is 11.6. The number of rotatable bonds is 7. The van der Waals surface area contributed by atoms with Crippen molar-refractivity contribution in [3.8, 4) is 5.75 Å². The summed E-state index contributed by atoms with van der Waals surface area (Å²) in [6.07, 6.45) is 1.45. The Hall–Kier alpha value is -3.13. The number of thioether (sulfide) groups is 1. The van der Waals surface area contributed by atoms with Gasteiger partial charge in [0.2, 0.25) is 5.89 Å². The van der Waals surface area contributed by atoms with Crippen molar-refractivity contribution in [2.24, 2.45) is 0 Å². The fourth-order valence-electron chi connectivity index (χ4n) is 2.19. The summed E-state index contributed by atoms with van der Waals surface area (Å²) in [5.74, 6) is -0.725. The number of hydrogen-bond donors (Lipinski definition) is 1. The molecule has 0 aliphatic heterocycles. The first-order valence-corrected chi connectivity index (χ1v) is 8.73. The van der Waals surface area contributed by atoms with Crippen molar-refractivity contribution >= 4 is 23.8 Å². The second-order valence-electron chi connectivity index (χ2n) is 5.42. The van der Waals surface area contributed by atoms with E-state index in [4.69, 9.17) is 9.15 Å².